The largest absolute Gasteiger partial charge is 0.477 e. The SMILES string of the molecule is Cc1nnc(SCC2=C(C(=O)O)N3C(=O)C(NC(=O)C(=NO)c4csc(N)n4)[C@H]3SC2)o1. The average molecular weight is 498 g/mol. The molecular formula is C16H15N7O6S3. The van der Waals surface area contributed by atoms with E-state index >= 15 is 0 Å². The van der Waals surface area contributed by atoms with Crippen LogP contribution in [0.4, 0.5) is 5.13 Å². The van der Waals surface area contributed by atoms with Gasteiger partial charge in [-0.05, 0) is 5.57 Å². The molecule has 2 aliphatic rings. The maximum Gasteiger partial charge on any atom is 0.352 e. The molecule has 1 saturated heterocycles. The molecule has 0 saturated carbocycles. The van der Waals surface area contributed by atoms with Crippen LogP contribution in [0.5, 0.6) is 0 Å². The molecule has 4 heterocycles. The first-order chi connectivity index (χ1) is 15.3. The van der Waals surface area contributed by atoms with Crippen LogP contribution in [-0.4, -0.2) is 76.8 Å². The van der Waals surface area contributed by atoms with Gasteiger partial charge in [0.1, 0.15) is 22.8 Å². The Labute approximate surface area is 192 Å². The van der Waals surface area contributed by atoms with E-state index in [-0.39, 0.29) is 22.3 Å². The molecule has 2 atom stereocenters. The Balaban J connectivity index is 1.48. The lowest BCUT2D eigenvalue weighted by atomic mass is 10.0. The Kier molecular flexibility index (Phi) is 6.07. The number of hydrogen-bond acceptors (Lipinski definition) is 13. The minimum Gasteiger partial charge on any atom is -0.477 e. The van der Waals surface area contributed by atoms with Crippen LogP contribution in [0.25, 0.3) is 0 Å². The number of rotatable bonds is 7. The van der Waals surface area contributed by atoms with Gasteiger partial charge in [0.05, 0.1) is 0 Å². The number of fused-ring (bicyclic) bond motifs is 1. The predicted octanol–water partition coefficient (Wildman–Crippen LogP) is 0.126. The minimum atomic E-state index is -1.25. The highest BCUT2D eigenvalue weighted by molar-refractivity contribution is 8.01. The van der Waals surface area contributed by atoms with Gasteiger partial charge in [0.15, 0.2) is 10.8 Å². The number of nitrogens with two attached hydrogens (primary N) is 1. The molecule has 16 heteroatoms. The van der Waals surface area contributed by atoms with E-state index in [0.29, 0.717) is 22.4 Å². The summed E-state index contributed by atoms with van der Waals surface area (Å²) in [4.78, 5) is 42.2. The van der Waals surface area contributed by atoms with Crippen molar-refractivity contribution in [1.29, 1.82) is 0 Å². The van der Waals surface area contributed by atoms with Gasteiger partial charge in [-0.25, -0.2) is 9.78 Å². The molecule has 0 aromatic carbocycles. The lowest BCUT2D eigenvalue weighted by Crippen LogP contribution is -2.71. The third kappa shape index (κ3) is 4.03. The summed E-state index contributed by atoms with van der Waals surface area (Å²) in [5.74, 6) is -1.70. The van der Waals surface area contributed by atoms with Crippen LogP contribution in [-0.2, 0) is 14.4 Å². The number of nitrogens with zero attached hydrogens (tertiary/aromatic N) is 5. The number of oxime groups is 1. The molecule has 4 rings (SSSR count). The number of β-lactam (4-membered cyclic amide) rings is 1. The van der Waals surface area contributed by atoms with Crippen LogP contribution < -0.4 is 11.1 Å². The first-order valence-electron chi connectivity index (χ1n) is 8.87. The second kappa shape index (κ2) is 8.79. The van der Waals surface area contributed by atoms with Crippen molar-refractivity contribution in [3.05, 3.63) is 28.2 Å². The van der Waals surface area contributed by atoms with Crippen LogP contribution in [0, 0.1) is 6.92 Å². The number of aromatic nitrogens is 3. The lowest BCUT2D eigenvalue weighted by Gasteiger charge is -2.49. The number of nitrogens with one attached hydrogen (secondary N) is 1. The van der Waals surface area contributed by atoms with E-state index in [1.165, 1.54) is 28.9 Å². The fourth-order valence-corrected chi connectivity index (χ4v) is 5.94. The van der Waals surface area contributed by atoms with E-state index < -0.39 is 34.9 Å². The van der Waals surface area contributed by atoms with Crippen molar-refractivity contribution in [1.82, 2.24) is 25.4 Å². The summed E-state index contributed by atoms with van der Waals surface area (Å²) >= 11 is 3.54. The molecule has 1 fully saturated rings. The van der Waals surface area contributed by atoms with Gasteiger partial charge in [-0.1, -0.05) is 16.9 Å². The van der Waals surface area contributed by atoms with Crippen molar-refractivity contribution in [3.8, 4) is 0 Å². The summed E-state index contributed by atoms with van der Waals surface area (Å²) in [6.07, 6.45) is 0. The van der Waals surface area contributed by atoms with Gasteiger partial charge in [0, 0.05) is 23.8 Å². The molecule has 2 aliphatic heterocycles. The first kappa shape index (κ1) is 22.1. The molecule has 13 nitrogen and oxygen atoms in total. The number of hydrogen-bond donors (Lipinski definition) is 4. The van der Waals surface area contributed by atoms with Crippen LogP contribution in [0.1, 0.15) is 11.6 Å². The zero-order chi connectivity index (χ0) is 23.0. The van der Waals surface area contributed by atoms with E-state index in [2.05, 4.69) is 25.7 Å². The zero-order valence-electron chi connectivity index (χ0n) is 16.2. The van der Waals surface area contributed by atoms with Gasteiger partial charge in [0.2, 0.25) is 5.89 Å². The molecule has 2 aromatic rings. The predicted molar refractivity (Wildman–Crippen MR) is 114 cm³/mol. The van der Waals surface area contributed by atoms with Crippen molar-refractivity contribution in [3.63, 3.8) is 0 Å². The summed E-state index contributed by atoms with van der Waals surface area (Å²) in [6, 6.07) is -0.984. The van der Waals surface area contributed by atoms with Gasteiger partial charge in [-0.2, -0.15) is 0 Å². The van der Waals surface area contributed by atoms with Crippen molar-refractivity contribution in [2.45, 2.75) is 23.6 Å². The third-order valence-electron chi connectivity index (χ3n) is 4.49. The standard InChI is InChI=1S/C16H15N7O6S3/c1-5-20-21-16(29-5)32-3-6-2-30-13-9(12(25)23(13)10(6)14(26)27)19-11(24)8(22-28)7-4-31-15(17)18-7/h4,9,13,28H,2-3H2,1H3,(H2,17,18)(H,19,24)(H,26,27)/t9?,13-/m1/s1. The van der Waals surface area contributed by atoms with Crippen molar-refractivity contribution >= 4 is 63.5 Å². The highest BCUT2D eigenvalue weighted by Gasteiger charge is 2.54. The van der Waals surface area contributed by atoms with E-state index in [0.717, 1.165) is 16.2 Å². The number of carboxylic acids is 1. The summed E-state index contributed by atoms with van der Waals surface area (Å²) in [7, 11) is 0. The van der Waals surface area contributed by atoms with E-state index in [1.807, 2.05) is 0 Å². The Morgan fingerprint density at radius 2 is 2.25 bits per heavy atom. The number of anilines is 1. The molecular weight excluding hydrogens is 482 g/mol. The summed E-state index contributed by atoms with van der Waals surface area (Å²) in [6.45, 7) is 1.64. The van der Waals surface area contributed by atoms with Gasteiger partial charge in [-0.15, -0.1) is 33.3 Å². The number of nitrogen functional groups attached to an aromatic ring is 1. The molecule has 32 heavy (non-hydrogen) atoms. The maximum atomic E-state index is 12.7. The van der Waals surface area contributed by atoms with Gasteiger partial charge < -0.3 is 25.8 Å². The Morgan fingerprint density at radius 3 is 2.84 bits per heavy atom. The smallest absolute Gasteiger partial charge is 0.352 e. The number of carbonyl (C=O) groups excluding carboxylic acids is 2. The average Bonchev–Trinajstić information content (AvgIpc) is 3.38. The van der Waals surface area contributed by atoms with E-state index in [4.69, 9.17) is 10.2 Å². The fourth-order valence-electron chi connectivity index (χ4n) is 3.10. The van der Waals surface area contributed by atoms with Crippen molar-refractivity contribution < 1.29 is 29.1 Å². The first-order valence-corrected chi connectivity index (χ1v) is 11.8. The number of carbonyl (C=O) groups is 3. The number of aryl methyl sites for hydroxylation is 1. The van der Waals surface area contributed by atoms with Gasteiger partial charge in [-0.3, -0.25) is 14.5 Å². The Morgan fingerprint density at radius 1 is 1.47 bits per heavy atom. The van der Waals surface area contributed by atoms with Crippen LogP contribution in [0.2, 0.25) is 0 Å². The quantitative estimate of drug-likeness (QED) is 0.133. The van der Waals surface area contributed by atoms with Crippen LogP contribution in [0.3, 0.4) is 0 Å². The molecule has 0 aliphatic carbocycles. The fraction of sp³-hybridized carbons (Fsp3) is 0.312. The molecule has 5 N–H and O–H groups in total. The summed E-state index contributed by atoms with van der Waals surface area (Å²) in [5.41, 5.74) is 5.60. The molecule has 2 aromatic heterocycles. The molecule has 0 radical (unpaired) electrons. The Bertz CT molecular complexity index is 1160. The molecule has 0 bridgehead atoms. The van der Waals surface area contributed by atoms with E-state index in [9.17, 15) is 24.7 Å². The topological polar surface area (TPSA) is 197 Å². The molecule has 0 spiro atoms. The van der Waals surface area contributed by atoms with Crippen LogP contribution >= 0.6 is 34.9 Å². The minimum absolute atomic E-state index is 0.0640. The summed E-state index contributed by atoms with van der Waals surface area (Å²) in [5, 5.41) is 33.2. The highest BCUT2D eigenvalue weighted by Crippen LogP contribution is 2.41. The Hall–Kier alpha value is -3.11. The second-order valence-corrected chi connectivity index (χ2v) is 9.43. The maximum absolute atomic E-state index is 12.7. The number of aliphatic carboxylic acids is 1. The van der Waals surface area contributed by atoms with E-state index in [1.54, 1.807) is 6.92 Å². The second-order valence-electron chi connectivity index (χ2n) is 6.51. The normalized spacial score (nSPS) is 20.7. The number of amides is 2. The number of carboxylic acid groups (broad SMARTS) is 1. The van der Waals surface area contributed by atoms with Crippen LogP contribution in [0.15, 0.2) is 31.4 Å². The molecule has 1 unspecified atom stereocenters. The van der Waals surface area contributed by atoms with Crippen molar-refractivity contribution in [2.75, 3.05) is 17.2 Å². The molecule has 2 amide bonds. The van der Waals surface area contributed by atoms with Crippen molar-refractivity contribution in [2.24, 2.45) is 5.16 Å². The zero-order valence-corrected chi connectivity index (χ0v) is 18.7. The molecule has 168 valence electrons. The number of thiazole rings is 1. The monoisotopic (exact) mass is 497 g/mol. The highest BCUT2D eigenvalue weighted by atomic mass is 32.2. The summed E-state index contributed by atoms with van der Waals surface area (Å²) < 4.78 is 5.28. The third-order valence-corrected chi connectivity index (χ3v) is 7.41. The van der Waals surface area contributed by atoms with Gasteiger partial charge >= 0.3 is 5.97 Å². The van der Waals surface area contributed by atoms with Gasteiger partial charge in [0.25, 0.3) is 17.0 Å². The lowest BCUT2D eigenvalue weighted by molar-refractivity contribution is -0.150. The number of thioether (sulfide) groups is 2.